The van der Waals surface area contributed by atoms with Gasteiger partial charge in [0.1, 0.15) is 17.9 Å². The minimum atomic E-state index is -0.550. The van der Waals surface area contributed by atoms with Crippen LogP contribution in [0.4, 0.5) is 11.5 Å². The molecule has 0 aliphatic carbocycles. The van der Waals surface area contributed by atoms with Gasteiger partial charge in [-0.1, -0.05) is 0 Å². The highest BCUT2D eigenvalue weighted by atomic mass is 16.6. The van der Waals surface area contributed by atoms with Gasteiger partial charge in [0.2, 0.25) is 5.88 Å². The van der Waals surface area contributed by atoms with Gasteiger partial charge in [-0.2, -0.15) is 0 Å². The van der Waals surface area contributed by atoms with Crippen LogP contribution in [-0.4, -0.2) is 22.0 Å². The highest BCUT2D eigenvalue weighted by molar-refractivity contribution is 5.53. The van der Waals surface area contributed by atoms with Gasteiger partial charge >= 0.3 is 5.69 Å². The van der Waals surface area contributed by atoms with Crippen LogP contribution in [0, 0.1) is 17.0 Å². The summed E-state index contributed by atoms with van der Waals surface area (Å²) >= 11 is 0. The first-order valence-corrected chi connectivity index (χ1v) is 5.85. The van der Waals surface area contributed by atoms with Crippen LogP contribution < -0.4 is 20.7 Å². The van der Waals surface area contributed by atoms with Crippen molar-refractivity contribution in [3.63, 3.8) is 0 Å². The summed E-state index contributed by atoms with van der Waals surface area (Å²) in [6.07, 6.45) is 1.27. The van der Waals surface area contributed by atoms with Gasteiger partial charge in [0, 0.05) is 0 Å². The molecule has 0 aliphatic heterocycles. The average Bonchev–Trinajstić information content (AvgIpc) is 2.49. The molecule has 21 heavy (non-hydrogen) atoms. The monoisotopic (exact) mass is 291 g/mol. The number of nitrogens with two attached hydrogens (primary N) is 1. The topological polar surface area (TPSA) is 125 Å². The van der Waals surface area contributed by atoms with Crippen LogP contribution >= 0.6 is 0 Å². The zero-order valence-corrected chi connectivity index (χ0v) is 11.4. The predicted octanol–water partition coefficient (Wildman–Crippen LogP) is 1.78. The summed E-state index contributed by atoms with van der Waals surface area (Å²) in [4.78, 5) is 18.3. The van der Waals surface area contributed by atoms with Crippen molar-refractivity contribution < 1.29 is 14.4 Å². The molecule has 1 heterocycles. The number of nitrogens with one attached hydrogen (secondary N) is 1. The smallest absolute Gasteiger partial charge is 0.314 e. The van der Waals surface area contributed by atoms with E-state index in [-0.39, 0.29) is 23.1 Å². The second-order valence-corrected chi connectivity index (χ2v) is 3.99. The lowest BCUT2D eigenvalue weighted by Crippen LogP contribution is -2.11. The normalized spacial score (nSPS) is 10.0. The first-order chi connectivity index (χ1) is 10.1. The minimum absolute atomic E-state index is 0.149. The fourth-order valence-corrected chi connectivity index (χ4v) is 1.67. The second-order valence-electron chi connectivity index (χ2n) is 3.99. The Bertz CT molecular complexity index is 677. The molecule has 2 rings (SSSR count). The molecule has 0 atom stereocenters. The maximum atomic E-state index is 11.0. The zero-order valence-electron chi connectivity index (χ0n) is 11.4. The number of nitro benzene ring substituents is 1. The highest BCUT2D eigenvalue weighted by Gasteiger charge is 2.17. The Morgan fingerprint density at radius 1 is 1.38 bits per heavy atom. The maximum absolute atomic E-state index is 11.0. The lowest BCUT2D eigenvalue weighted by atomic mass is 10.2. The Kier molecular flexibility index (Phi) is 4.14. The van der Waals surface area contributed by atoms with Crippen LogP contribution in [0.2, 0.25) is 0 Å². The number of aromatic nitrogens is 2. The van der Waals surface area contributed by atoms with E-state index in [0.29, 0.717) is 11.4 Å². The number of hydrogen-bond donors (Lipinski definition) is 2. The van der Waals surface area contributed by atoms with Gasteiger partial charge in [-0.15, -0.1) is 0 Å². The second kappa shape index (κ2) is 6.01. The quantitative estimate of drug-likeness (QED) is 0.485. The molecule has 0 radical (unpaired) electrons. The van der Waals surface area contributed by atoms with Crippen molar-refractivity contribution in [3.05, 3.63) is 40.2 Å². The Labute approximate surface area is 119 Å². The molecule has 2 aromatic rings. The summed E-state index contributed by atoms with van der Waals surface area (Å²) in [6, 6.07) is 4.25. The third-order valence-electron chi connectivity index (χ3n) is 2.74. The average molecular weight is 291 g/mol. The highest BCUT2D eigenvalue weighted by Crippen LogP contribution is 2.33. The van der Waals surface area contributed by atoms with Gasteiger partial charge in [0.05, 0.1) is 23.7 Å². The first kappa shape index (κ1) is 14.5. The van der Waals surface area contributed by atoms with E-state index in [1.807, 2.05) is 0 Å². The molecule has 9 nitrogen and oxygen atoms in total. The maximum Gasteiger partial charge on any atom is 0.314 e. The summed E-state index contributed by atoms with van der Waals surface area (Å²) in [6.45, 7) is 1.71. The van der Waals surface area contributed by atoms with E-state index in [1.54, 1.807) is 13.0 Å². The van der Waals surface area contributed by atoms with Crippen LogP contribution in [-0.2, 0) is 0 Å². The standard InChI is InChI=1S/C12H13N5O4/c1-7-11(16-13)14-6-15-12(7)21-8-3-4-10(20-2)9(5-8)17(18)19/h3-6H,13H2,1-2H3,(H,14,15,16). The van der Waals surface area contributed by atoms with E-state index >= 15 is 0 Å². The molecule has 0 unspecified atom stereocenters. The molecule has 1 aromatic carbocycles. The summed E-state index contributed by atoms with van der Waals surface area (Å²) in [7, 11) is 1.36. The lowest BCUT2D eigenvalue weighted by molar-refractivity contribution is -0.385. The first-order valence-electron chi connectivity index (χ1n) is 5.85. The number of methoxy groups -OCH3 is 1. The number of rotatable bonds is 5. The molecule has 0 amide bonds. The van der Waals surface area contributed by atoms with E-state index in [9.17, 15) is 10.1 Å². The van der Waals surface area contributed by atoms with Gasteiger partial charge in [-0.3, -0.25) is 10.1 Å². The van der Waals surface area contributed by atoms with Crippen LogP contribution in [0.15, 0.2) is 24.5 Å². The number of hydrazine groups is 1. The number of nitrogen functional groups attached to an aromatic ring is 1. The molecule has 1 aromatic heterocycles. The fraction of sp³-hybridized carbons (Fsp3) is 0.167. The number of nitrogens with zero attached hydrogens (tertiary/aromatic N) is 3. The molecule has 3 N–H and O–H groups in total. The van der Waals surface area contributed by atoms with Crippen molar-refractivity contribution >= 4 is 11.5 Å². The molecule has 9 heteroatoms. The number of nitro groups is 1. The van der Waals surface area contributed by atoms with Crippen molar-refractivity contribution in [3.8, 4) is 17.4 Å². The predicted molar refractivity (Wildman–Crippen MR) is 74.3 cm³/mol. The van der Waals surface area contributed by atoms with E-state index < -0.39 is 4.92 Å². The van der Waals surface area contributed by atoms with Crippen molar-refractivity contribution in [2.24, 2.45) is 5.84 Å². The van der Waals surface area contributed by atoms with E-state index in [1.165, 1.54) is 25.6 Å². The molecule has 0 saturated heterocycles. The Balaban J connectivity index is 2.36. The van der Waals surface area contributed by atoms with Crippen LogP contribution in [0.25, 0.3) is 0 Å². The Morgan fingerprint density at radius 2 is 2.14 bits per heavy atom. The van der Waals surface area contributed by atoms with Gasteiger partial charge in [-0.05, 0) is 19.1 Å². The van der Waals surface area contributed by atoms with Crippen LogP contribution in [0.1, 0.15) is 5.56 Å². The summed E-state index contributed by atoms with van der Waals surface area (Å²) in [5, 5.41) is 11.0. The molecule has 0 aliphatic rings. The molecule has 0 fully saturated rings. The molecular weight excluding hydrogens is 278 g/mol. The van der Waals surface area contributed by atoms with E-state index in [4.69, 9.17) is 15.3 Å². The number of ether oxygens (including phenoxy) is 2. The Morgan fingerprint density at radius 3 is 2.76 bits per heavy atom. The molecule has 0 bridgehead atoms. The summed E-state index contributed by atoms with van der Waals surface area (Å²) in [5.74, 6) is 6.37. The number of benzene rings is 1. The molecule has 0 spiro atoms. The molecule has 0 saturated carbocycles. The minimum Gasteiger partial charge on any atom is -0.490 e. The third kappa shape index (κ3) is 2.98. The Hall–Kier alpha value is -2.94. The van der Waals surface area contributed by atoms with Gasteiger partial charge in [0.15, 0.2) is 5.75 Å². The van der Waals surface area contributed by atoms with Crippen LogP contribution in [0.5, 0.6) is 17.4 Å². The molecular formula is C12H13N5O4. The van der Waals surface area contributed by atoms with Gasteiger partial charge in [-0.25, -0.2) is 15.8 Å². The van der Waals surface area contributed by atoms with Crippen molar-refractivity contribution in [1.82, 2.24) is 9.97 Å². The van der Waals surface area contributed by atoms with Crippen LogP contribution in [0.3, 0.4) is 0 Å². The van der Waals surface area contributed by atoms with Crippen molar-refractivity contribution in [2.75, 3.05) is 12.5 Å². The van der Waals surface area contributed by atoms with E-state index in [2.05, 4.69) is 15.4 Å². The number of anilines is 1. The fourth-order valence-electron chi connectivity index (χ4n) is 1.67. The van der Waals surface area contributed by atoms with Gasteiger partial charge in [0.25, 0.3) is 0 Å². The summed E-state index contributed by atoms with van der Waals surface area (Å²) < 4.78 is 10.5. The van der Waals surface area contributed by atoms with Crippen molar-refractivity contribution in [2.45, 2.75) is 6.92 Å². The third-order valence-corrected chi connectivity index (χ3v) is 2.74. The summed E-state index contributed by atoms with van der Waals surface area (Å²) in [5.41, 5.74) is 2.80. The largest absolute Gasteiger partial charge is 0.490 e. The zero-order chi connectivity index (χ0) is 15.4. The molecule has 110 valence electrons. The number of hydrogen-bond acceptors (Lipinski definition) is 8. The van der Waals surface area contributed by atoms with E-state index in [0.717, 1.165) is 0 Å². The SMILES string of the molecule is COc1ccc(Oc2ncnc(NN)c2C)cc1[N+](=O)[O-]. The van der Waals surface area contributed by atoms with Gasteiger partial charge < -0.3 is 14.9 Å². The van der Waals surface area contributed by atoms with Crippen molar-refractivity contribution in [1.29, 1.82) is 0 Å². The lowest BCUT2D eigenvalue weighted by Gasteiger charge is -2.10.